The smallest absolute Gasteiger partial charge is 0.264 e. The monoisotopic (exact) mass is 555 g/mol. The molecule has 0 aliphatic rings. The van der Waals surface area contributed by atoms with Crippen molar-refractivity contribution >= 4 is 27.5 Å². The average molecular weight is 556 g/mol. The van der Waals surface area contributed by atoms with Gasteiger partial charge in [0.25, 0.3) is 10.0 Å². The van der Waals surface area contributed by atoms with Gasteiger partial charge in [-0.3, -0.25) is 13.9 Å². The third-order valence-corrected chi connectivity index (χ3v) is 7.82. The molecule has 39 heavy (non-hydrogen) atoms. The quantitative estimate of drug-likeness (QED) is 0.338. The van der Waals surface area contributed by atoms with Crippen LogP contribution >= 0.6 is 0 Å². The van der Waals surface area contributed by atoms with E-state index in [1.807, 2.05) is 44.2 Å². The lowest BCUT2D eigenvalue weighted by molar-refractivity contribution is -0.139. The molecule has 0 saturated carbocycles. The van der Waals surface area contributed by atoms with Crippen molar-refractivity contribution in [3.05, 3.63) is 90.2 Å². The standard InChI is InChI=1S/C29H34FN3O5S/c1-4-19-31-29(35)22(3)32(20-23-9-7-6-8-10-23)28(34)21-33(25-13-15-26(16-14-25)38-5-2)39(36,37)27-17-11-24(30)12-18-27/h6-18,22H,4-5,19-21H2,1-3H3,(H,31,35). The Bertz CT molecular complexity index is 1330. The minimum absolute atomic E-state index is 0.105. The van der Waals surface area contributed by atoms with E-state index in [0.29, 0.717) is 18.9 Å². The highest BCUT2D eigenvalue weighted by atomic mass is 32.2. The Balaban J connectivity index is 2.00. The zero-order valence-corrected chi connectivity index (χ0v) is 23.2. The lowest BCUT2D eigenvalue weighted by Crippen LogP contribution is -2.51. The first-order valence-electron chi connectivity index (χ1n) is 12.8. The maximum atomic E-state index is 13.8. The van der Waals surface area contributed by atoms with Crippen LogP contribution in [0.25, 0.3) is 0 Å². The van der Waals surface area contributed by atoms with Gasteiger partial charge in [-0.25, -0.2) is 12.8 Å². The molecule has 3 aromatic rings. The number of carbonyl (C=O) groups excluding carboxylic acids is 2. The maximum absolute atomic E-state index is 13.8. The molecule has 0 spiro atoms. The van der Waals surface area contributed by atoms with Crippen LogP contribution in [0.2, 0.25) is 0 Å². The molecule has 0 saturated heterocycles. The van der Waals surface area contributed by atoms with E-state index in [2.05, 4.69) is 5.32 Å². The molecule has 0 fully saturated rings. The fourth-order valence-corrected chi connectivity index (χ4v) is 5.31. The summed E-state index contributed by atoms with van der Waals surface area (Å²) in [6.07, 6.45) is 0.729. The molecule has 0 aliphatic carbocycles. The van der Waals surface area contributed by atoms with Crippen molar-refractivity contribution in [2.24, 2.45) is 0 Å². The van der Waals surface area contributed by atoms with E-state index < -0.39 is 34.3 Å². The van der Waals surface area contributed by atoms with Crippen LogP contribution in [0.3, 0.4) is 0 Å². The van der Waals surface area contributed by atoms with Crippen molar-refractivity contribution in [3.8, 4) is 5.75 Å². The van der Waals surface area contributed by atoms with Crippen LogP contribution in [0.5, 0.6) is 5.75 Å². The Morgan fingerprint density at radius 1 is 0.949 bits per heavy atom. The molecule has 2 amide bonds. The fraction of sp³-hybridized carbons (Fsp3) is 0.310. The highest BCUT2D eigenvalue weighted by Crippen LogP contribution is 2.27. The largest absolute Gasteiger partial charge is 0.494 e. The van der Waals surface area contributed by atoms with Crippen molar-refractivity contribution in [1.82, 2.24) is 10.2 Å². The molecule has 10 heteroatoms. The van der Waals surface area contributed by atoms with E-state index in [1.54, 1.807) is 19.1 Å². The Kier molecular flexibility index (Phi) is 10.4. The van der Waals surface area contributed by atoms with Crippen LogP contribution in [0.4, 0.5) is 10.1 Å². The Hall–Kier alpha value is -3.92. The van der Waals surface area contributed by atoms with Crippen molar-refractivity contribution in [3.63, 3.8) is 0 Å². The summed E-state index contributed by atoms with van der Waals surface area (Å²) in [6, 6.07) is 19.0. The zero-order chi connectivity index (χ0) is 28.4. The summed E-state index contributed by atoms with van der Waals surface area (Å²) in [6.45, 7) is 5.78. The highest BCUT2D eigenvalue weighted by molar-refractivity contribution is 7.92. The van der Waals surface area contributed by atoms with Crippen LogP contribution in [-0.2, 0) is 26.2 Å². The number of nitrogens with one attached hydrogen (secondary N) is 1. The van der Waals surface area contributed by atoms with E-state index in [1.165, 1.54) is 17.0 Å². The summed E-state index contributed by atoms with van der Waals surface area (Å²) >= 11 is 0. The van der Waals surface area contributed by atoms with Gasteiger partial charge in [0.05, 0.1) is 17.2 Å². The molecule has 0 radical (unpaired) electrons. The molecule has 0 bridgehead atoms. The third-order valence-electron chi connectivity index (χ3n) is 6.03. The summed E-state index contributed by atoms with van der Waals surface area (Å²) in [5, 5.41) is 2.80. The predicted octanol–water partition coefficient (Wildman–Crippen LogP) is 4.36. The first-order chi connectivity index (χ1) is 18.7. The molecular formula is C29H34FN3O5S. The number of hydrogen-bond donors (Lipinski definition) is 1. The molecule has 3 rings (SSSR count). The summed E-state index contributed by atoms with van der Waals surface area (Å²) in [4.78, 5) is 27.9. The van der Waals surface area contributed by atoms with E-state index in [-0.39, 0.29) is 23.0 Å². The molecule has 1 N–H and O–H groups in total. The SMILES string of the molecule is CCCNC(=O)C(C)N(Cc1ccccc1)C(=O)CN(c1ccc(OCC)cc1)S(=O)(=O)c1ccc(F)cc1. The van der Waals surface area contributed by atoms with E-state index in [0.717, 1.165) is 40.6 Å². The second-order valence-electron chi connectivity index (χ2n) is 8.87. The molecule has 0 aromatic heterocycles. The second-order valence-corrected chi connectivity index (χ2v) is 10.7. The number of carbonyl (C=O) groups is 2. The summed E-state index contributed by atoms with van der Waals surface area (Å²) in [5.41, 5.74) is 1.01. The van der Waals surface area contributed by atoms with Crippen LogP contribution in [0, 0.1) is 5.82 Å². The lowest BCUT2D eigenvalue weighted by Gasteiger charge is -2.32. The number of halogens is 1. The average Bonchev–Trinajstić information content (AvgIpc) is 2.94. The fourth-order valence-electron chi connectivity index (χ4n) is 3.90. The molecule has 0 aliphatic heterocycles. The number of ether oxygens (including phenoxy) is 1. The number of nitrogens with zero attached hydrogens (tertiary/aromatic N) is 2. The van der Waals surface area contributed by atoms with Gasteiger partial charge < -0.3 is 15.0 Å². The minimum Gasteiger partial charge on any atom is -0.494 e. The molecule has 3 aromatic carbocycles. The number of benzene rings is 3. The van der Waals surface area contributed by atoms with Crippen molar-refractivity contribution in [2.45, 2.75) is 44.7 Å². The van der Waals surface area contributed by atoms with Gasteiger partial charge >= 0.3 is 0 Å². The van der Waals surface area contributed by atoms with Crippen LogP contribution in [0.1, 0.15) is 32.8 Å². The van der Waals surface area contributed by atoms with Gasteiger partial charge in [0.1, 0.15) is 24.2 Å². The Morgan fingerprint density at radius 3 is 2.18 bits per heavy atom. The highest BCUT2D eigenvalue weighted by Gasteiger charge is 2.32. The number of hydrogen-bond acceptors (Lipinski definition) is 5. The first kappa shape index (κ1) is 29.6. The molecule has 8 nitrogen and oxygen atoms in total. The summed E-state index contributed by atoms with van der Waals surface area (Å²) in [7, 11) is -4.28. The van der Waals surface area contributed by atoms with E-state index in [9.17, 15) is 22.4 Å². The maximum Gasteiger partial charge on any atom is 0.264 e. The number of sulfonamides is 1. The summed E-state index contributed by atoms with van der Waals surface area (Å²) in [5.74, 6) is -0.954. The lowest BCUT2D eigenvalue weighted by atomic mass is 10.1. The van der Waals surface area contributed by atoms with Gasteiger partial charge in [-0.1, -0.05) is 37.3 Å². The zero-order valence-electron chi connectivity index (χ0n) is 22.3. The van der Waals surface area contributed by atoms with Gasteiger partial charge in [0.2, 0.25) is 11.8 Å². The second kappa shape index (κ2) is 13.7. The van der Waals surface area contributed by atoms with Gasteiger partial charge in [0, 0.05) is 13.1 Å². The van der Waals surface area contributed by atoms with Crippen LogP contribution in [-0.4, -0.2) is 50.9 Å². The van der Waals surface area contributed by atoms with E-state index in [4.69, 9.17) is 4.74 Å². The predicted molar refractivity (Wildman–Crippen MR) is 148 cm³/mol. The number of rotatable bonds is 13. The Labute approximate surface area is 229 Å². The number of amides is 2. The van der Waals surface area contributed by atoms with Gasteiger partial charge in [0.15, 0.2) is 0 Å². The topological polar surface area (TPSA) is 96.0 Å². The molecular weight excluding hydrogens is 521 g/mol. The molecule has 1 unspecified atom stereocenters. The van der Waals surface area contributed by atoms with Crippen molar-refractivity contribution in [2.75, 3.05) is 24.0 Å². The molecule has 208 valence electrons. The van der Waals surface area contributed by atoms with Gasteiger partial charge in [-0.15, -0.1) is 0 Å². The van der Waals surface area contributed by atoms with E-state index >= 15 is 0 Å². The normalized spacial score (nSPS) is 11.9. The van der Waals surface area contributed by atoms with Gasteiger partial charge in [-0.2, -0.15) is 0 Å². The number of anilines is 1. The van der Waals surface area contributed by atoms with Crippen molar-refractivity contribution < 1.29 is 27.1 Å². The first-order valence-corrected chi connectivity index (χ1v) is 14.2. The van der Waals surface area contributed by atoms with Crippen LogP contribution in [0.15, 0.2) is 83.8 Å². The van der Waals surface area contributed by atoms with Crippen LogP contribution < -0.4 is 14.4 Å². The Morgan fingerprint density at radius 2 is 1.59 bits per heavy atom. The van der Waals surface area contributed by atoms with Gasteiger partial charge in [-0.05, 0) is 74.4 Å². The molecule has 0 heterocycles. The molecule has 1 atom stereocenters. The third kappa shape index (κ3) is 7.79. The minimum atomic E-state index is -4.28. The van der Waals surface area contributed by atoms with Crippen molar-refractivity contribution in [1.29, 1.82) is 0 Å². The summed E-state index contributed by atoms with van der Waals surface area (Å²) < 4.78 is 47.5.